The van der Waals surface area contributed by atoms with Crippen molar-refractivity contribution in [1.82, 2.24) is 24.8 Å². The molecule has 8 heteroatoms. The maximum absolute atomic E-state index is 12.5. The van der Waals surface area contributed by atoms with Gasteiger partial charge in [0.1, 0.15) is 6.54 Å². The van der Waals surface area contributed by atoms with Crippen LogP contribution in [0.5, 0.6) is 0 Å². The van der Waals surface area contributed by atoms with Gasteiger partial charge in [0.25, 0.3) is 5.56 Å². The Hall–Kier alpha value is -2.51. The molecule has 2 fully saturated rings. The average molecular weight is 343 g/mol. The van der Waals surface area contributed by atoms with Gasteiger partial charge in [0, 0.05) is 37.7 Å². The van der Waals surface area contributed by atoms with Gasteiger partial charge in [0.2, 0.25) is 11.8 Å². The first kappa shape index (κ1) is 16.0. The van der Waals surface area contributed by atoms with E-state index in [0.717, 1.165) is 31.5 Å². The summed E-state index contributed by atoms with van der Waals surface area (Å²) in [5.41, 5.74) is -0.261. The van der Waals surface area contributed by atoms with Crippen molar-refractivity contribution in [2.45, 2.75) is 44.6 Å². The Morgan fingerprint density at radius 1 is 1.32 bits per heavy atom. The summed E-state index contributed by atoms with van der Waals surface area (Å²) in [5.74, 6) is 2.22. The molecule has 132 valence electrons. The van der Waals surface area contributed by atoms with Gasteiger partial charge in [0.15, 0.2) is 5.82 Å². The number of hydrogen-bond acceptors (Lipinski definition) is 6. The first-order valence-electron chi connectivity index (χ1n) is 8.81. The number of carbonyl (C=O) groups excluding carboxylic acids is 1. The third-order valence-electron chi connectivity index (χ3n) is 4.83. The van der Waals surface area contributed by atoms with Crippen LogP contribution in [0, 0.1) is 5.92 Å². The number of rotatable bonds is 5. The van der Waals surface area contributed by atoms with Gasteiger partial charge in [-0.2, -0.15) is 10.1 Å². The molecule has 4 rings (SSSR count). The molecule has 8 nitrogen and oxygen atoms in total. The van der Waals surface area contributed by atoms with Gasteiger partial charge in [-0.3, -0.25) is 9.59 Å². The molecule has 0 radical (unpaired) electrons. The molecule has 2 aromatic heterocycles. The maximum atomic E-state index is 12.5. The summed E-state index contributed by atoms with van der Waals surface area (Å²) >= 11 is 0. The zero-order valence-electron chi connectivity index (χ0n) is 14.0. The van der Waals surface area contributed by atoms with Gasteiger partial charge in [-0.25, -0.2) is 4.68 Å². The lowest BCUT2D eigenvalue weighted by Gasteiger charge is -2.32. The number of nitrogens with zero attached hydrogens (tertiary/aromatic N) is 5. The molecule has 0 N–H and O–H groups in total. The molecule has 1 atom stereocenters. The molecule has 2 aliphatic rings. The Kier molecular flexibility index (Phi) is 4.33. The Morgan fingerprint density at radius 3 is 3.00 bits per heavy atom. The van der Waals surface area contributed by atoms with Crippen molar-refractivity contribution in [3.05, 3.63) is 40.4 Å². The molecule has 0 spiro atoms. The van der Waals surface area contributed by atoms with Crippen molar-refractivity contribution in [2.75, 3.05) is 13.1 Å². The number of amides is 1. The zero-order valence-corrected chi connectivity index (χ0v) is 14.0. The van der Waals surface area contributed by atoms with E-state index in [4.69, 9.17) is 4.52 Å². The van der Waals surface area contributed by atoms with E-state index >= 15 is 0 Å². The predicted molar refractivity (Wildman–Crippen MR) is 87.8 cm³/mol. The van der Waals surface area contributed by atoms with Crippen LogP contribution in [0.4, 0.5) is 0 Å². The number of likely N-dealkylation sites (tertiary alicyclic amines) is 1. The second kappa shape index (κ2) is 6.78. The van der Waals surface area contributed by atoms with Crippen LogP contribution in [-0.2, 0) is 17.8 Å². The van der Waals surface area contributed by atoms with Gasteiger partial charge in [-0.15, -0.1) is 0 Å². The lowest BCUT2D eigenvalue weighted by atomic mass is 9.94. The molecule has 1 saturated heterocycles. The molecular formula is C17H21N5O3. The van der Waals surface area contributed by atoms with Gasteiger partial charge >= 0.3 is 0 Å². The van der Waals surface area contributed by atoms with Crippen LogP contribution in [0.3, 0.4) is 0 Å². The molecule has 2 aromatic rings. The standard InChI is InChI=1S/C17H21N5O3/c23-15-4-1-7-18-22(15)11-16(24)21-8-2-3-12(10-21)9-14-19-17(20-25-14)13-5-6-13/h1,4,7,12-13H,2-3,5-6,8-11H2/t12-/m0/s1. The topological polar surface area (TPSA) is 94.1 Å². The van der Waals surface area contributed by atoms with E-state index in [-0.39, 0.29) is 18.0 Å². The van der Waals surface area contributed by atoms with E-state index in [9.17, 15) is 9.59 Å². The minimum absolute atomic E-state index is 0.0151. The van der Waals surface area contributed by atoms with Gasteiger partial charge in [-0.1, -0.05) is 5.16 Å². The largest absolute Gasteiger partial charge is 0.341 e. The minimum atomic E-state index is -0.261. The van der Waals surface area contributed by atoms with E-state index in [0.29, 0.717) is 37.2 Å². The molecule has 0 aromatic carbocycles. The molecular weight excluding hydrogens is 322 g/mol. The van der Waals surface area contributed by atoms with E-state index in [1.54, 1.807) is 6.07 Å². The van der Waals surface area contributed by atoms with Crippen LogP contribution in [0.25, 0.3) is 0 Å². The number of carbonyl (C=O) groups is 1. The lowest BCUT2D eigenvalue weighted by molar-refractivity contribution is -0.134. The number of aromatic nitrogens is 4. The van der Waals surface area contributed by atoms with Crippen molar-refractivity contribution in [3.8, 4) is 0 Å². The van der Waals surface area contributed by atoms with Crippen LogP contribution < -0.4 is 5.56 Å². The predicted octanol–water partition coefficient (Wildman–Crippen LogP) is 0.985. The fourth-order valence-electron chi connectivity index (χ4n) is 3.30. The third kappa shape index (κ3) is 3.78. The summed E-state index contributed by atoms with van der Waals surface area (Å²) in [4.78, 5) is 30.5. The van der Waals surface area contributed by atoms with E-state index in [1.807, 2.05) is 4.90 Å². The Balaban J connectivity index is 1.35. The maximum Gasteiger partial charge on any atom is 0.267 e. The number of piperidine rings is 1. The van der Waals surface area contributed by atoms with Crippen LogP contribution in [0.1, 0.15) is 43.3 Å². The number of hydrogen-bond donors (Lipinski definition) is 0. The van der Waals surface area contributed by atoms with E-state index < -0.39 is 0 Å². The van der Waals surface area contributed by atoms with Crippen molar-refractivity contribution < 1.29 is 9.32 Å². The van der Waals surface area contributed by atoms with Crippen molar-refractivity contribution >= 4 is 5.91 Å². The summed E-state index contributed by atoms with van der Waals surface area (Å²) in [6.45, 7) is 1.36. The van der Waals surface area contributed by atoms with Crippen LogP contribution in [0.15, 0.2) is 27.6 Å². The Labute approximate surface area is 144 Å². The summed E-state index contributed by atoms with van der Waals surface area (Å²) in [7, 11) is 0. The van der Waals surface area contributed by atoms with E-state index in [1.165, 1.54) is 16.9 Å². The summed E-state index contributed by atoms with van der Waals surface area (Å²) < 4.78 is 6.56. The molecule has 3 heterocycles. The Morgan fingerprint density at radius 2 is 2.20 bits per heavy atom. The lowest BCUT2D eigenvalue weighted by Crippen LogP contribution is -2.43. The van der Waals surface area contributed by atoms with Crippen molar-refractivity contribution in [3.63, 3.8) is 0 Å². The highest BCUT2D eigenvalue weighted by atomic mass is 16.5. The minimum Gasteiger partial charge on any atom is -0.341 e. The van der Waals surface area contributed by atoms with Crippen molar-refractivity contribution in [2.24, 2.45) is 5.92 Å². The van der Waals surface area contributed by atoms with Crippen LogP contribution in [0.2, 0.25) is 0 Å². The molecule has 1 amide bonds. The molecule has 1 aliphatic carbocycles. The van der Waals surface area contributed by atoms with E-state index in [2.05, 4.69) is 15.2 Å². The first-order valence-corrected chi connectivity index (χ1v) is 8.81. The van der Waals surface area contributed by atoms with Gasteiger partial charge < -0.3 is 9.42 Å². The SMILES string of the molecule is O=C(Cn1ncccc1=O)N1CCC[C@@H](Cc2nc(C3CC3)no2)C1. The quantitative estimate of drug-likeness (QED) is 0.803. The molecule has 1 saturated carbocycles. The van der Waals surface area contributed by atoms with Gasteiger partial charge in [-0.05, 0) is 37.7 Å². The highest BCUT2D eigenvalue weighted by Gasteiger charge is 2.30. The Bertz CT molecular complexity index is 810. The molecule has 0 bridgehead atoms. The highest BCUT2D eigenvalue weighted by Crippen LogP contribution is 2.38. The fourth-order valence-corrected chi connectivity index (χ4v) is 3.30. The monoisotopic (exact) mass is 343 g/mol. The third-order valence-corrected chi connectivity index (χ3v) is 4.83. The molecule has 1 aliphatic heterocycles. The molecule has 25 heavy (non-hydrogen) atoms. The summed E-state index contributed by atoms with van der Waals surface area (Å²) in [6.07, 6.45) is 6.49. The summed E-state index contributed by atoms with van der Waals surface area (Å²) in [5, 5.41) is 8.00. The molecule has 0 unspecified atom stereocenters. The first-order chi connectivity index (χ1) is 12.2. The average Bonchev–Trinajstić information content (AvgIpc) is 3.37. The zero-order chi connectivity index (χ0) is 17.2. The van der Waals surface area contributed by atoms with Gasteiger partial charge in [0.05, 0.1) is 0 Å². The van der Waals surface area contributed by atoms with Crippen molar-refractivity contribution in [1.29, 1.82) is 0 Å². The second-order valence-corrected chi connectivity index (χ2v) is 6.89. The fraction of sp³-hybridized carbons (Fsp3) is 0.588. The normalized spacial score (nSPS) is 20.6. The smallest absolute Gasteiger partial charge is 0.267 e. The second-order valence-electron chi connectivity index (χ2n) is 6.89. The summed E-state index contributed by atoms with van der Waals surface area (Å²) in [6, 6.07) is 2.98. The van der Waals surface area contributed by atoms with Crippen LogP contribution >= 0.6 is 0 Å². The highest BCUT2D eigenvalue weighted by molar-refractivity contribution is 5.76. The van der Waals surface area contributed by atoms with Crippen LogP contribution in [-0.4, -0.2) is 43.8 Å².